The van der Waals surface area contributed by atoms with E-state index in [0.29, 0.717) is 11.1 Å². The van der Waals surface area contributed by atoms with Crippen LogP contribution in [0, 0.1) is 11.3 Å². The van der Waals surface area contributed by atoms with Gasteiger partial charge in [-0.1, -0.05) is 30.8 Å². The van der Waals surface area contributed by atoms with Crippen LogP contribution in [-0.2, 0) is 0 Å². The van der Waals surface area contributed by atoms with Crippen molar-refractivity contribution >= 4 is 6.29 Å². The topological polar surface area (TPSA) is 61.1 Å². The molecule has 0 aliphatic rings. The van der Waals surface area contributed by atoms with E-state index in [2.05, 4.69) is 6.58 Å². The van der Waals surface area contributed by atoms with Gasteiger partial charge in [0.2, 0.25) is 0 Å². The van der Waals surface area contributed by atoms with Crippen molar-refractivity contribution in [1.29, 1.82) is 5.26 Å². The normalized spacial score (nSPS) is 11.4. The first-order valence-electron chi connectivity index (χ1n) is 4.01. The molecular weight excluding hydrogens is 178 g/mol. The molecule has 0 spiro atoms. The molecule has 3 heteroatoms. The molecule has 1 N–H and O–H groups in total. The summed E-state index contributed by atoms with van der Waals surface area (Å²) in [5.74, 6) is 0. The number of rotatable bonds is 3. The molecule has 0 unspecified atom stereocenters. The van der Waals surface area contributed by atoms with Crippen molar-refractivity contribution in [2.75, 3.05) is 0 Å². The minimum absolute atomic E-state index is 0.0869. The highest BCUT2D eigenvalue weighted by atomic mass is 16.3. The third-order valence-electron chi connectivity index (χ3n) is 1.86. The molecule has 0 radical (unpaired) electrons. The molecular formula is C11H9NO2. The van der Waals surface area contributed by atoms with Crippen LogP contribution in [0.5, 0.6) is 0 Å². The van der Waals surface area contributed by atoms with E-state index in [1.54, 1.807) is 30.3 Å². The lowest BCUT2D eigenvalue weighted by Crippen LogP contribution is -1.98. The summed E-state index contributed by atoms with van der Waals surface area (Å²) < 4.78 is 0. The molecule has 0 fully saturated rings. The van der Waals surface area contributed by atoms with Crippen LogP contribution in [0.4, 0.5) is 0 Å². The average Bonchev–Trinajstić information content (AvgIpc) is 2.27. The number of benzene rings is 1. The van der Waals surface area contributed by atoms with Crippen LogP contribution in [-0.4, -0.2) is 11.4 Å². The van der Waals surface area contributed by atoms with Gasteiger partial charge >= 0.3 is 0 Å². The zero-order chi connectivity index (χ0) is 10.6. The standard InChI is InChI=1S/C11H9NO2/c1-8(6-12)11(14)10-4-2-9(7-13)3-5-10/h2-5,7,11,14H,1H2/t11-/m0/s1. The first kappa shape index (κ1) is 10.2. The number of aldehydes is 1. The Morgan fingerprint density at radius 1 is 1.50 bits per heavy atom. The number of carbonyl (C=O) groups is 1. The second kappa shape index (κ2) is 4.35. The molecule has 0 saturated carbocycles. The number of hydrogen-bond acceptors (Lipinski definition) is 3. The van der Waals surface area contributed by atoms with Crippen LogP contribution in [0.2, 0.25) is 0 Å². The average molecular weight is 187 g/mol. The van der Waals surface area contributed by atoms with Gasteiger partial charge in [0, 0.05) is 5.56 Å². The number of aliphatic hydroxyl groups is 1. The van der Waals surface area contributed by atoms with E-state index in [-0.39, 0.29) is 5.57 Å². The summed E-state index contributed by atoms with van der Waals surface area (Å²) in [5.41, 5.74) is 1.18. The van der Waals surface area contributed by atoms with E-state index in [1.165, 1.54) is 0 Å². The zero-order valence-corrected chi connectivity index (χ0v) is 7.47. The Balaban J connectivity index is 2.93. The van der Waals surface area contributed by atoms with E-state index in [0.717, 1.165) is 6.29 Å². The first-order valence-corrected chi connectivity index (χ1v) is 4.01. The highest BCUT2D eigenvalue weighted by molar-refractivity contribution is 5.74. The smallest absolute Gasteiger partial charge is 0.150 e. The fraction of sp³-hybridized carbons (Fsp3) is 0.0909. The monoisotopic (exact) mass is 187 g/mol. The molecule has 70 valence electrons. The fourth-order valence-electron chi connectivity index (χ4n) is 1.02. The predicted octanol–water partition coefficient (Wildman–Crippen LogP) is 1.61. The van der Waals surface area contributed by atoms with E-state index in [9.17, 15) is 9.90 Å². The van der Waals surface area contributed by atoms with E-state index < -0.39 is 6.10 Å². The van der Waals surface area contributed by atoms with Crippen molar-refractivity contribution in [2.45, 2.75) is 6.10 Å². The zero-order valence-electron chi connectivity index (χ0n) is 7.47. The number of aliphatic hydroxyl groups excluding tert-OH is 1. The predicted molar refractivity (Wildman–Crippen MR) is 51.5 cm³/mol. The minimum Gasteiger partial charge on any atom is -0.383 e. The Bertz CT molecular complexity index is 387. The van der Waals surface area contributed by atoms with Crippen LogP contribution in [0.25, 0.3) is 0 Å². The summed E-state index contributed by atoms with van der Waals surface area (Å²) >= 11 is 0. The Labute approximate surface area is 81.9 Å². The van der Waals surface area contributed by atoms with Crippen LogP contribution in [0.1, 0.15) is 22.0 Å². The van der Waals surface area contributed by atoms with Gasteiger partial charge in [0.05, 0.1) is 11.6 Å². The fourth-order valence-corrected chi connectivity index (χ4v) is 1.02. The molecule has 3 nitrogen and oxygen atoms in total. The van der Waals surface area contributed by atoms with Crippen molar-refractivity contribution in [3.8, 4) is 6.07 Å². The van der Waals surface area contributed by atoms with Crippen molar-refractivity contribution < 1.29 is 9.90 Å². The number of hydrogen-bond donors (Lipinski definition) is 1. The van der Waals surface area contributed by atoms with E-state index in [4.69, 9.17) is 5.26 Å². The van der Waals surface area contributed by atoms with Gasteiger partial charge in [-0.3, -0.25) is 4.79 Å². The maximum absolute atomic E-state index is 10.3. The summed E-state index contributed by atoms with van der Waals surface area (Å²) in [6.07, 6.45) is -0.268. The molecule has 1 aromatic rings. The molecule has 0 aliphatic carbocycles. The lowest BCUT2D eigenvalue weighted by Gasteiger charge is -2.07. The molecule has 14 heavy (non-hydrogen) atoms. The molecule has 0 amide bonds. The van der Waals surface area contributed by atoms with Crippen molar-refractivity contribution in [3.63, 3.8) is 0 Å². The molecule has 0 heterocycles. The van der Waals surface area contributed by atoms with Crippen molar-refractivity contribution in [2.24, 2.45) is 0 Å². The third kappa shape index (κ3) is 2.06. The Morgan fingerprint density at radius 3 is 2.50 bits per heavy atom. The van der Waals surface area contributed by atoms with Gasteiger partial charge in [-0.15, -0.1) is 0 Å². The maximum Gasteiger partial charge on any atom is 0.150 e. The minimum atomic E-state index is -0.985. The van der Waals surface area contributed by atoms with Gasteiger partial charge in [-0.05, 0) is 5.56 Å². The molecule has 1 rings (SSSR count). The number of carbonyl (C=O) groups excluding carboxylic acids is 1. The first-order chi connectivity index (χ1) is 6.69. The molecule has 1 aromatic carbocycles. The summed E-state index contributed by atoms with van der Waals surface area (Å²) in [6, 6.07) is 8.13. The number of nitriles is 1. The molecule has 1 atom stereocenters. The Morgan fingerprint density at radius 2 is 2.07 bits per heavy atom. The van der Waals surface area contributed by atoms with Gasteiger partial charge in [0.15, 0.2) is 0 Å². The number of nitrogens with zero attached hydrogens (tertiary/aromatic N) is 1. The second-order valence-electron chi connectivity index (χ2n) is 2.82. The van der Waals surface area contributed by atoms with E-state index >= 15 is 0 Å². The summed E-state index contributed by atoms with van der Waals surface area (Å²) in [5, 5.41) is 18.0. The highest BCUT2D eigenvalue weighted by Gasteiger charge is 2.10. The summed E-state index contributed by atoms with van der Waals surface area (Å²) in [4.78, 5) is 10.3. The van der Waals surface area contributed by atoms with Gasteiger partial charge in [0.25, 0.3) is 0 Å². The van der Waals surface area contributed by atoms with Crippen molar-refractivity contribution in [1.82, 2.24) is 0 Å². The second-order valence-corrected chi connectivity index (χ2v) is 2.82. The largest absolute Gasteiger partial charge is 0.383 e. The van der Waals surface area contributed by atoms with Crippen LogP contribution in [0.15, 0.2) is 36.4 Å². The van der Waals surface area contributed by atoms with E-state index in [1.807, 2.05) is 0 Å². The third-order valence-corrected chi connectivity index (χ3v) is 1.86. The highest BCUT2D eigenvalue weighted by Crippen LogP contribution is 2.19. The van der Waals surface area contributed by atoms with Crippen LogP contribution in [0.3, 0.4) is 0 Å². The molecule has 0 aliphatic heterocycles. The van der Waals surface area contributed by atoms with Gasteiger partial charge in [-0.2, -0.15) is 5.26 Å². The maximum atomic E-state index is 10.3. The quantitative estimate of drug-likeness (QED) is 0.577. The van der Waals surface area contributed by atoms with Gasteiger partial charge < -0.3 is 5.11 Å². The summed E-state index contributed by atoms with van der Waals surface area (Å²) in [7, 11) is 0. The Kier molecular flexibility index (Phi) is 3.16. The lowest BCUT2D eigenvalue weighted by atomic mass is 10.0. The molecule has 0 bridgehead atoms. The lowest BCUT2D eigenvalue weighted by molar-refractivity contribution is 0.112. The SMILES string of the molecule is C=C(C#N)[C@H](O)c1ccc(C=O)cc1. The molecule has 0 saturated heterocycles. The summed E-state index contributed by atoms with van der Waals surface area (Å²) in [6.45, 7) is 3.41. The van der Waals surface area contributed by atoms with Crippen molar-refractivity contribution in [3.05, 3.63) is 47.5 Å². The van der Waals surface area contributed by atoms with Crippen LogP contribution < -0.4 is 0 Å². The Hall–Kier alpha value is -1.92. The van der Waals surface area contributed by atoms with Crippen LogP contribution >= 0.6 is 0 Å². The van der Waals surface area contributed by atoms with Gasteiger partial charge in [-0.25, -0.2) is 0 Å². The van der Waals surface area contributed by atoms with Gasteiger partial charge in [0.1, 0.15) is 12.4 Å². The molecule has 0 aromatic heterocycles.